The summed E-state index contributed by atoms with van der Waals surface area (Å²) in [5, 5.41) is 23.3. The van der Waals surface area contributed by atoms with Gasteiger partial charge in [0.2, 0.25) is 11.8 Å². The van der Waals surface area contributed by atoms with Gasteiger partial charge in [0.25, 0.3) is 0 Å². The Bertz CT molecular complexity index is 885. The van der Waals surface area contributed by atoms with Crippen LogP contribution < -0.4 is 10.1 Å². The molecule has 1 aromatic rings. The van der Waals surface area contributed by atoms with Crippen molar-refractivity contribution < 1.29 is 29.3 Å². The number of benzene rings is 1. The maximum absolute atomic E-state index is 13.1. The smallest absolute Gasteiger partial charge is 0.247 e. The molecule has 1 fully saturated rings. The van der Waals surface area contributed by atoms with Gasteiger partial charge in [-0.05, 0) is 12.1 Å². The van der Waals surface area contributed by atoms with Crippen molar-refractivity contribution in [3.05, 3.63) is 41.5 Å². The summed E-state index contributed by atoms with van der Waals surface area (Å²) in [4.78, 5) is 29.9. The number of aliphatic hydroxyl groups is 2. The molecule has 3 aliphatic rings. The molecular weight excluding hydrogens is 426 g/mol. The number of hydrogen-bond donors (Lipinski definition) is 3. The number of para-hydroxylation sites is 1. The normalized spacial score (nSPS) is 26.6. The minimum Gasteiger partial charge on any atom is -0.486 e. The Labute approximate surface area is 194 Å². The third-order valence-electron chi connectivity index (χ3n) is 6.62. The number of ether oxygens (including phenoxy) is 2. The highest BCUT2D eigenvalue weighted by Crippen LogP contribution is 2.47. The highest BCUT2D eigenvalue weighted by atomic mass is 16.5. The van der Waals surface area contributed by atoms with E-state index in [1.165, 1.54) is 0 Å². The van der Waals surface area contributed by atoms with Crippen LogP contribution in [0.3, 0.4) is 0 Å². The number of aliphatic hydroxyl groups excluding tert-OH is 2. The summed E-state index contributed by atoms with van der Waals surface area (Å²) in [6.07, 6.45) is 0.345. The van der Waals surface area contributed by atoms with Crippen LogP contribution in [0, 0.1) is 0 Å². The molecule has 1 saturated heterocycles. The first-order valence-electron chi connectivity index (χ1n) is 11.7. The maximum Gasteiger partial charge on any atom is 0.247 e. The number of carbonyl (C=O) groups excluding carboxylic acids is 2. The van der Waals surface area contributed by atoms with Gasteiger partial charge >= 0.3 is 0 Å². The second kappa shape index (κ2) is 10.6. The summed E-state index contributed by atoms with van der Waals surface area (Å²) in [6, 6.07) is 6.76. The molecule has 2 amide bonds. The fourth-order valence-electron chi connectivity index (χ4n) is 4.91. The Morgan fingerprint density at radius 1 is 1.24 bits per heavy atom. The molecule has 180 valence electrons. The van der Waals surface area contributed by atoms with Crippen LogP contribution in [0.2, 0.25) is 0 Å². The van der Waals surface area contributed by atoms with Crippen LogP contribution in [0.5, 0.6) is 5.75 Å². The molecule has 0 spiro atoms. The largest absolute Gasteiger partial charge is 0.486 e. The lowest BCUT2D eigenvalue weighted by atomic mass is 9.77. The average Bonchev–Trinajstić information content (AvgIpc) is 3.24. The van der Waals surface area contributed by atoms with Gasteiger partial charge in [-0.25, -0.2) is 0 Å². The van der Waals surface area contributed by atoms with Crippen molar-refractivity contribution >= 4 is 11.8 Å². The number of hydrogen-bond acceptors (Lipinski definition) is 7. The summed E-state index contributed by atoms with van der Waals surface area (Å²) in [6.45, 7) is 5.77. The number of carbonyl (C=O) groups is 2. The lowest BCUT2D eigenvalue weighted by molar-refractivity contribution is -0.137. The summed E-state index contributed by atoms with van der Waals surface area (Å²) in [5.41, 5.74) is 1.29. The number of nitrogens with zero attached hydrogens (tertiary/aromatic N) is 2. The molecule has 3 N–H and O–H groups in total. The molecule has 4 rings (SSSR count). The van der Waals surface area contributed by atoms with Crippen molar-refractivity contribution in [2.75, 3.05) is 52.5 Å². The molecule has 9 nitrogen and oxygen atoms in total. The average molecular weight is 460 g/mol. The van der Waals surface area contributed by atoms with Gasteiger partial charge in [-0.3, -0.25) is 14.5 Å². The fraction of sp³-hybridized carbons (Fsp3) is 0.583. The van der Waals surface area contributed by atoms with E-state index in [0.717, 1.165) is 18.7 Å². The maximum atomic E-state index is 13.1. The van der Waals surface area contributed by atoms with E-state index in [4.69, 9.17) is 9.47 Å². The van der Waals surface area contributed by atoms with Crippen LogP contribution in [0.1, 0.15) is 24.8 Å². The van der Waals surface area contributed by atoms with Crippen molar-refractivity contribution in [1.82, 2.24) is 15.1 Å². The molecule has 0 radical (unpaired) electrons. The Morgan fingerprint density at radius 2 is 2.00 bits per heavy atom. The van der Waals surface area contributed by atoms with Crippen molar-refractivity contribution in [3.8, 4) is 5.75 Å². The Hall–Kier alpha value is -2.46. The molecule has 33 heavy (non-hydrogen) atoms. The Kier molecular flexibility index (Phi) is 7.64. The number of nitrogens with one attached hydrogen (secondary N) is 1. The topological polar surface area (TPSA) is 112 Å². The van der Waals surface area contributed by atoms with Crippen LogP contribution >= 0.6 is 0 Å². The van der Waals surface area contributed by atoms with Gasteiger partial charge in [-0.15, -0.1) is 0 Å². The molecule has 4 unspecified atom stereocenters. The summed E-state index contributed by atoms with van der Waals surface area (Å²) >= 11 is 0. The van der Waals surface area contributed by atoms with E-state index in [2.05, 4.69) is 10.2 Å². The lowest BCUT2D eigenvalue weighted by Crippen LogP contribution is -2.57. The first-order valence-corrected chi connectivity index (χ1v) is 11.7. The first-order chi connectivity index (χ1) is 16.0. The van der Waals surface area contributed by atoms with Gasteiger partial charge < -0.3 is 29.9 Å². The van der Waals surface area contributed by atoms with E-state index < -0.39 is 24.2 Å². The van der Waals surface area contributed by atoms with E-state index in [-0.39, 0.29) is 25.0 Å². The number of rotatable bonds is 8. The van der Waals surface area contributed by atoms with E-state index in [9.17, 15) is 19.8 Å². The van der Waals surface area contributed by atoms with Gasteiger partial charge in [-0.1, -0.05) is 25.1 Å². The molecular formula is C24H33N3O6. The molecule has 0 saturated carbocycles. The minimum absolute atomic E-state index is 0.0902. The van der Waals surface area contributed by atoms with Crippen molar-refractivity contribution in [3.63, 3.8) is 0 Å². The highest BCUT2D eigenvalue weighted by Gasteiger charge is 2.50. The third-order valence-corrected chi connectivity index (χ3v) is 6.62. The highest BCUT2D eigenvalue weighted by molar-refractivity contribution is 5.96. The predicted octanol–water partition coefficient (Wildman–Crippen LogP) is -0.120. The van der Waals surface area contributed by atoms with Crippen molar-refractivity contribution in [2.45, 2.75) is 37.5 Å². The van der Waals surface area contributed by atoms with Crippen molar-refractivity contribution in [2.24, 2.45) is 0 Å². The number of morpholine rings is 1. The molecule has 2 heterocycles. The summed E-state index contributed by atoms with van der Waals surface area (Å²) in [5.74, 6) is -0.223. The number of fused-ring (bicyclic) bond motifs is 3. The van der Waals surface area contributed by atoms with E-state index >= 15 is 0 Å². The zero-order valence-electron chi connectivity index (χ0n) is 19.0. The third kappa shape index (κ3) is 4.91. The molecule has 4 atom stereocenters. The van der Waals surface area contributed by atoms with Gasteiger partial charge in [-0.2, -0.15) is 0 Å². The van der Waals surface area contributed by atoms with E-state index in [1.54, 1.807) is 17.9 Å². The Balaban J connectivity index is 1.64. The SMILES string of the molecule is CCC(=O)N(CCN1CCOCC1)C1C=C(C(=O)NCCO)C2c3ccccc3OC2C1O. The lowest BCUT2D eigenvalue weighted by Gasteiger charge is -2.41. The van der Waals surface area contributed by atoms with E-state index in [0.29, 0.717) is 44.0 Å². The summed E-state index contributed by atoms with van der Waals surface area (Å²) < 4.78 is 11.5. The van der Waals surface area contributed by atoms with Crippen LogP contribution in [-0.2, 0) is 14.3 Å². The first kappa shape index (κ1) is 23.7. The Morgan fingerprint density at radius 3 is 2.73 bits per heavy atom. The van der Waals surface area contributed by atoms with Crippen molar-refractivity contribution in [1.29, 1.82) is 0 Å². The monoisotopic (exact) mass is 459 g/mol. The van der Waals surface area contributed by atoms with Crippen LogP contribution in [-0.4, -0.2) is 103 Å². The molecule has 1 aliphatic carbocycles. The van der Waals surface area contributed by atoms with E-state index in [1.807, 2.05) is 24.3 Å². The van der Waals surface area contributed by atoms with Gasteiger partial charge in [0.05, 0.1) is 31.8 Å². The summed E-state index contributed by atoms with van der Waals surface area (Å²) in [7, 11) is 0. The quantitative estimate of drug-likeness (QED) is 0.497. The van der Waals surface area contributed by atoms with Gasteiger partial charge in [0, 0.05) is 50.3 Å². The number of amides is 2. The van der Waals surface area contributed by atoms with Crippen LogP contribution in [0.4, 0.5) is 0 Å². The zero-order chi connectivity index (χ0) is 23.4. The second-order valence-corrected chi connectivity index (χ2v) is 8.58. The fourth-order valence-corrected chi connectivity index (χ4v) is 4.91. The zero-order valence-corrected chi connectivity index (χ0v) is 19.0. The second-order valence-electron chi connectivity index (χ2n) is 8.58. The minimum atomic E-state index is -0.989. The molecule has 1 aromatic carbocycles. The standard InChI is InChI=1S/C24H33N3O6/c1-2-20(29)27(9-8-26-10-13-32-14-11-26)18-15-17(24(31)25-7-12-28)21-16-5-3-4-6-19(16)33-23(21)22(18)30/h3-6,15,18,21-23,28,30H,2,7-14H2,1H3,(H,25,31). The predicted molar refractivity (Wildman–Crippen MR) is 121 cm³/mol. The molecule has 0 aromatic heterocycles. The van der Waals surface area contributed by atoms with Gasteiger partial charge in [0.1, 0.15) is 18.0 Å². The van der Waals surface area contributed by atoms with Crippen LogP contribution in [0.25, 0.3) is 0 Å². The molecule has 9 heteroatoms. The molecule has 0 bridgehead atoms. The molecule has 2 aliphatic heterocycles. The van der Waals surface area contributed by atoms with Gasteiger partial charge in [0.15, 0.2) is 0 Å². The van der Waals surface area contributed by atoms with Crippen LogP contribution in [0.15, 0.2) is 35.9 Å².